The fraction of sp³-hybridized carbons (Fsp3) is 0.320. The second-order valence-electron chi connectivity index (χ2n) is 7.79. The molecular weight excluding hydrogens is 422 g/mol. The third-order valence-electron chi connectivity index (χ3n) is 5.43. The highest BCUT2D eigenvalue weighted by molar-refractivity contribution is 6.02. The summed E-state index contributed by atoms with van der Waals surface area (Å²) in [6.07, 6.45) is 4.49. The molecule has 1 heterocycles. The molecule has 1 aliphatic carbocycles. The molecule has 0 aliphatic heterocycles. The molecule has 1 saturated carbocycles. The Kier molecular flexibility index (Phi) is 7.24. The van der Waals surface area contributed by atoms with Crippen LogP contribution < -0.4 is 25.1 Å². The maximum atomic E-state index is 12.8. The highest BCUT2D eigenvalue weighted by Crippen LogP contribution is 2.34. The van der Waals surface area contributed by atoms with Crippen molar-refractivity contribution in [2.45, 2.75) is 38.3 Å². The van der Waals surface area contributed by atoms with Crippen molar-refractivity contribution in [1.29, 1.82) is 0 Å². The number of carbonyl (C=O) groups excluding carboxylic acids is 1. The highest BCUT2D eigenvalue weighted by Gasteiger charge is 2.19. The van der Waals surface area contributed by atoms with Gasteiger partial charge >= 0.3 is 0 Å². The minimum absolute atomic E-state index is 0.128. The number of rotatable bonds is 9. The van der Waals surface area contributed by atoms with Gasteiger partial charge in [-0.2, -0.15) is 5.10 Å². The van der Waals surface area contributed by atoms with Gasteiger partial charge in [0.25, 0.3) is 11.5 Å². The second kappa shape index (κ2) is 10.7. The number of anilines is 1. The maximum Gasteiger partial charge on any atom is 0.276 e. The number of ether oxygens (including phenoxy) is 3. The number of nitrogens with zero attached hydrogens (tertiary/aromatic N) is 2. The molecule has 172 valence electrons. The van der Waals surface area contributed by atoms with Crippen molar-refractivity contribution < 1.29 is 19.0 Å². The zero-order chi connectivity index (χ0) is 23.0. The SMILES string of the molecule is COc1ccc(NC(=O)c2ccc(=O)n(CCOc3ccccc3)n2)cc1OC1CCCC1. The smallest absolute Gasteiger partial charge is 0.276 e. The molecule has 1 amide bonds. The molecule has 0 unspecified atom stereocenters. The number of benzene rings is 2. The van der Waals surface area contributed by atoms with Crippen molar-refractivity contribution in [1.82, 2.24) is 9.78 Å². The standard InChI is InChI=1S/C25H27N3O5/c1-31-22-13-11-18(17-23(22)33-20-9-5-6-10-20)26-25(30)21-12-14-24(29)28(27-21)15-16-32-19-7-3-2-4-8-19/h2-4,7-8,11-14,17,20H,5-6,9-10,15-16H2,1H3,(H,26,30). The quantitative estimate of drug-likeness (QED) is 0.533. The lowest BCUT2D eigenvalue weighted by atomic mass is 10.2. The molecular formula is C25H27N3O5. The fourth-order valence-electron chi connectivity index (χ4n) is 3.72. The minimum atomic E-state index is -0.426. The van der Waals surface area contributed by atoms with E-state index in [0.717, 1.165) is 25.7 Å². The Hall–Kier alpha value is -3.81. The van der Waals surface area contributed by atoms with Crippen LogP contribution in [0.5, 0.6) is 17.2 Å². The van der Waals surface area contributed by atoms with Crippen molar-refractivity contribution in [3.8, 4) is 17.2 Å². The molecule has 8 heteroatoms. The lowest BCUT2D eigenvalue weighted by Gasteiger charge is -2.17. The molecule has 3 aromatic rings. The van der Waals surface area contributed by atoms with Crippen LogP contribution in [0.3, 0.4) is 0 Å². The first kappa shape index (κ1) is 22.4. The summed E-state index contributed by atoms with van der Waals surface area (Å²) in [6, 6.07) is 17.3. The molecule has 4 rings (SSSR count). The Labute approximate surface area is 192 Å². The van der Waals surface area contributed by atoms with E-state index in [-0.39, 0.29) is 30.5 Å². The van der Waals surface area contributed by atoms with Crippen molar-refractivity contribution >= 4 is 11.6 Å². The van der Waals surface area contributed by atoms with Crippen LogP contribution in [0.4, 0.5) is 5.69 Å². The number of nitrogens with one attached hydrogen (secondary N) is 1. The van der Waals surface area contributed by atoms with Crippen LogP contribution in [0.1, 0.15) is 36.2 Å². The number of para-hydroxylation sites is 1. The van der Waals surface area contributed by atoms with Gasteiger partial charge in [0.2, 0.25) is 0 Å². The largest absolute Gasteiger partial charge is 0.493 e. The first-order chi connectivity index (χ1) is 16.1. The number of hydrogen-bond donors (Lipinski definition) is 1. The summed E-state index contributed by atoms with van der Waals surface area (Å²) in [7, 11) is 1.59. The second-order valence-corrected chi connectivity index (χ2v) is 7.79. The van der Waals surface area contributed by atoms with Gasteiger partial charge in [0, 0.05) is 17.8 Å². The predicted octanol–water partition coefficient (Wildman–Crippen LogP) is 3.90. The summed E-state index contributed by atoms with van der Waals surface area (Å²) < 4.78 is 18.3. The average molecular weight is 450 g/mol. The lowest BCUT2D eigenvalue weighted by molar-refractivity contribution is 0.101. The van der Waals surface area contributed by atoms with E-state index in [2.05, 4.69) is 10.4 Å². The number of amides is 1. The van der Waals surface area contributed by atoms with Gasteiger partial charge in [-0.15, -0.1) is 0 Å². The third kappa shape index (κ3) is 5.91. The summed E-state index contributed by atoms with van der Waals surface area (Å²) in [5.74, 6) is 1.49. The normalized spacial score (nSPS) is 13.5. The average Bonchev–Trinajstić information content (AvgIpc) is 3.34. The van der Waals surface area contributed by atoms with Gasteiger partial charge in [-0.3, -0.25) is 9.59 Å². The molecule has 1 aromatic heterocycles. The minimum Gasteiger partial charge on any atom is -0.493 e. The fourth-order valence-corrected chi connectivity index (χ4v) is 3.72. The van der Waals surface area contributed by atoms with E-state index in [0.29, 0.717) is 22.9 Å². The Morgan fingerprint density at radius 1 is 1.06 bits per heavy atom. The van der Waals surface area contributed by atoms with Crippen molar-refractivity contribution in [2.24, 2.45) is 0 Å². The Bertz CT molecular complexity index is 1140. The summed E-state index contributed by atoms with van der Waals surface area (Å²) in [6.45, 7) is 0.471. The van der Waals surface area contributed by atoms with E-state index in [4.69, 9.17) is 14.2 Å². The predicted molar refractivity (Wildman–Crippen MR) is 124 cm³/mol. The topological polar surface area (TPSA) is 91.7 Å². The number of methoxy groups -OCH3 is 1. The maximum absolute atomic E-state index is 12.8. The van der Waals surface area contributed by atoms with E-state index < -0.39 is 5.91 Å². The van der Waals surface area contributed by atoms with Crippen molar-refractivity contribution in [3.05, 3.63) is 76.7 Å². The Balaban J connectivity index is 1.42. The van der Waals surface area contributed by atoms with Crippen molar-refractivity contribution in [2.75, 3.05) is 19.0 Å². The Morgan fingerprint density at radius 3 is 2.61 bits per heavy atom. The van der Waals surface area contributed by atoms with Crippen LogP contribution in [0.15, 0.2) is 65.5 Å². The molecule has 0 saturated heterocycles. The molecule has 0 atom stereocenters. The molecule has 33 heavy (non-hydrogen) atoms. The van der Waals surface area contributed by atoms with Gasteiger partial charge in [-0.05, 0) is 56.0 Å². The summed E-state index contributed by atoms with van der Waals surface area (Å²) in [5.41, 5.74) is 0.379. The molecule has 2 aromatic carbocycles. The van der Waals surface area contributed by atoms with Crippen LogP contribution in [0.2, 0.25) is 0 Å². The first-order valence-electron chi connectivity index (χ1n) is 11.0. The molecule has 1 N–H and O–H groups in total. The van der Waals surface area contributed by atoms with Crippen molar-refractivity contribution in [3.63, 3.8) is 0 Å². The van der Waals surface area contributed by atoms with Crippen LogP contribution in [0.25, 0.3) is 0 Å². The zero-order valence-corrected chi connectivity index (χ0v) is 18.5. The van der Waals surface area contributed by atoms with Gasteiger partial charge in [-0.1, -0.05) is 18.2 Å². The first-order valence-corrected chi connectivity index (χ1v) is 11.0. The number of aromatic nitrogens is 2. The molecule has 1 aliphatic rings. The van der Waals surface area contributed by atoms with E-state index >= 15 is 0 Å². The van der Waals surface area contributed by atoms with Gasteiger partial charge in [0.1, 0.15) is 18.1 Å². The summed E-state index contributed by atoms with van der Waals surface area (Å²) >= 11 is 0. The molecule has 0 spiro atoms. The van der Waals surface area contributed by atoms with Crippen LogP contribution in [-0.2, 0) is 6.54 Å². The molecule has 0 bridgehead atoms. The van der Waals surface area contributed by atoms with Gasteiger partial charge in [-0.25, -0.2) is 4.68 Å². The van der Waals surface area contributed by atoms with E-state index in [9.17, 15) is 9.59 Å². The van der Waals surface area contributed by atoms with Crippen LogP contribution in [-0.4, -0.2) is 35.5 Å². The molecule has 1 fully saturated rings. The third-order valence-corrected chi connectivity index (χ3v) is 5.43. The van der Waals surface area contributed by atoms with Gasteiger partial charge in [0.15, 0.2) is 11.5 Å². The van der Waals surface area contributed by atoms with Crippen LogP contribution in [0, 0.1) is 0 Å². The summed E-state index contributed by atoms with van der Waals surface area (Å²) in [4.78, 5) is 24.9. The van der Waals surface area contributed by atoms with E-state index in [1.165, 1.54) is 16.8 Å². The van der Waals surface area contributed by atoms with E-state index in [1.807, 2.05) is 30.3 Å². The monoisotopic (exact) mass is 449 g/mol. The molecule has 0 radical (unpaired) electrons. The highest BCUT2D eigenvalue weighted by atomic mass is 16.5. The molecule has 8 nitrogen and oxygen atoms in total. The van der Waals surface area contributed by atoms with Crippen LogP contribution >= 0.6 is 0 Å². The number of carbonyl (C=O) groups is 1. The zero-order valence-electron chi connectivity index (χ0n) is 18.5. The Morgan fingerprint density at radius 2 is 1.85 bits per heavy atom. The summed E-state index contributed by atoms with van der Waals surface area (Å²) in [5, 5.41) is 7.01. The van der Waals surface area contributed by atoms with Gasteiger partial charge < -0.3 is 19.5 Å². The van der Waals surface area contributed by atoms with E-state index in [1.54, 1.807) is 25.3 Å². The van der Waals surface area contributed by atoms with Gasteiger partial charge in [0.05, 0.1) is 19.8 Å². The lowest BCUT2D eigenvalue weighted by Crippen LogP contribution is -2.28. The number of hydrogen-bond acceptors (Lipinski definition) is 6.